The summed E-state index contributed by atoms with van der Waals surface area (Å²) in [5.74, 6) is 0. The second kappa shape index (κ2) is 3.89. The lowest BCUT2D eigenvalue weighted by atomic mass is 10.3. The van der Waals surface area contributed by atoms with Crippen LogP contribution in [-0.2, 0) is 0 Å². The molecule has 2 aromatic heterocycles. The summed E-state index contributed by atoms with van der Waals surface area (Å²) in [5, 5.41) is 21.0. The second-order valence-corrected chi connectivity index (χ2v) is 3.59. The van der Waals surface area contributed by atoms with E-state index in [1.54, 1.807) is 17.2 Å². The number of hydrogen-bond acceptors (Lipinski definition) is 6. The minimum absolute atomic E-state index is 0.125. The maximum atomic E-state index is 3.99. The molecule has 3 heterocycles. The molecular weight excluding hydrogens is 208 g/mol. The average molecular weight is 220 g/mol. The normalized spacial score (nSPS) is 21.2. The van der Waals surface area contributed by atoms with Gasteiger partial charge in [-0.05, 0) is 5.21 Å². The smallest absolute Gasteiger partial charge is 0.123 e. The van der Waals surface area contributed by atoms with Crippen LogP contribution in [0, 0.1) is 0 Å². The highest BCUT2D eigenvalue weighted by Crippen LogP contribution is 2.06. The zero-order valence-corrected chi connectivity index (χ0v) is 8.64. The van der Waals surface area contributed by atoms with Crippen molar-refractivity contribution < 1.29 is 0 Å². The quantitative estimate of drug-likeness (QED) is 0.671. The van der Waals surface area contributed by atoms with Gasteiger partial charge in [-0.2, -0.15) is 4.79 Å². The van der Waals surface area contributed by atoms with Gasteiger partial charge in [0.15, 0.2) is 0 Å². The van der Waals surface area contributed by atoms with E-state index in [1.807, 2.05) is 17.1 Å². The Morgan fingerprint density at radius 1 is 1.12 bits per heavy atom. The molecule has 0 spiro atoms. The van der Waals surface area contributed by atoms with Crippen molar-refractivity contribution in [2.24, 2.45) is 0 Å². The predicted octanol–water partition coefficient (Wildman–Crippen LogP) is -1.39. The Kier molecular flexibility index (Phi) is 2.26. The lowest BCUT2D eigenvalue weighted by Crippen LogP contribution is -2.52. The monoisotopic (exact) mass is 220 g/mol. The van der Waals surface area contributed by atoms with Crippen LogP contribution in [-0.4, -0.2) is 49.7 Å². The van der Waals surface area contributed by atoms with Crippen LogP contribution >= 0.6 is 0 Å². The van der Waals surface area contributed by atoms with Crippen LogP contribution in [0.15, 0.2) is 24.8 Å². The second-order valence-electron chi connectivity index (χ2n) is 3.59. The van der Waals surface area contributed by atoms with Crippen LogP contribution in [0.3, 0.4) is 0 Å². The molecule has 3 rings (SSSR count). The molecule has 16 heavy (non-hydrogen) atoms. The van der Waals surface area contributed by atoms with E-state index in [0.29, 0.717) is 0 Å². The fraction of sp³-hybridized carbons (Fsp3) is 0.500. The van der Waals surface area contributed by atoms with Gasteiger partial charge in [0.05, 0.1) is 25.1 Å². The maximum Gasteiger partial charge on any atom is 0.123 e. The molecule has 8 nitrogen and oxygen atoms in total. The number of nitrogens with zero attached hydrogens (tertiary/aromatic N) is 7. The van der Waals surface area contributed by atoms with Gasteiger partial charge in [0.2, 0.25) is 0 Å². The zero-order chi connectivity index (χ0) is 10.8. The third-order valence-corrected chi connectivity index (χ3v) is 2.59. The highest BCUT2D eigenvalue weighted by Gasteiger charge is 2.21. The first-order chi connectivity index (χ1) is 7.93. The minimum atomic E-state index is 0.125. The first-order valence-corrected chi connectivity index (χ1v) is 5.14. The van der Waals surface area contributed by atoms with Crippen molar-refractivity contribution in [3.05, 3.63) is 24.8 Å². The summed E-state index contributed by atoms with van der Waals surface area (Å²) in [6.45, 7) is 2.56. The number of nitrogens with one attached hydrogen (secondary N) is 1. The van der Waals surface area contributed by atoms with E-state index >= 15 is 0 Å². The average Bonchev–Trinajstić information content (AvgIpc) is 3.03. The first-order valence-electron chi connectivity index (χ1n) is 5.14. The Balaban J connectivity index is 1.75. The summed E-state index contributed by atoms with van der Waals surface area (Å²) in [6.07, 6.45) is 7.16. The molecule has 0 aliphatic carbocycles. The molecule has 0 radical (unpaired) electrons. The largest absolute Gasteiger partial charge is 0.292 e. The van der Waals surface area contributed by atoms with Gasteiger partial charge in [-0.1, -0.05) is 5.21 Å². The van der Waals surface area contributed by atoms with E-state index in [1.165, 1.54) is 0 Å². The summed E-state index contributed by atoms with van der Waals surface area (Å²) < 4.78 is 1.81. The van der Waals surface area contributed by atoms with Crippen LogP contribution in [0.25, 0.3) is 0 Å². The van der Waals surface area contributed by atoms with E-state index in [4.69, 9.17) is 0 Å². The summed E-state index contributed by atoms with van der Waals surface area (Å²) in [6, 6.07) is 0. The van der Waals surface area contributed by atoms with Crippen molar-refractivity contribution in [2.75, 3.05) is 24.6 Å². The van der Waals surface area contributed by atoms with Crippen molar-refractivity contribution in [1.82, 2.24) is 35.4 Å². The van der Waals surface area contributed by atoms with Crippen LogP contribution < -0.4 is 10.3 Å². The van der Waals surface area contributed by atoms with Crippen molar-refractivity contribution >= 4 is 0 Å². The van der Waals surface area contributed by atoms with Gasteiger partial charge in [-0.25, -0.2) is 4.68 Å². The molecule has 0 aromatic carbocycles. The lowest BCUT2D eigenvalue weighted by Gasteiger charge is -2.33. The molecule has 8 heteroatoms. The van der Waals surface area contributed by atoms with Crippen molar-refractivity contribution in [3.63, 3.8) is 0 Å². The molecule has 1 aliphatic heterocycles. The molecule has 1 unspecified atom stereocenters. The van der Waals surface area contributed by atoms with E-state index in [0.717, 1.165) is 19.6 Å². The van der Waals surface area contributed by atoms with E-state index in [2.05, 4.69) is 30.9 Å². The zero-order valence-electron chi connectivity index (χ0n) is 8.64. The SMILES string of the molecule is c1cn(C2CN(n3ccnn3)CCN2)nn1. The molecule has 0 saturated carbocycles. The highest BCUT2D eigenvalue weighted by molar-refractivity contribution is 4.92. The van der Waals surface area contributed by atoms with Gasteiger partial charge in [0.1, 0.15) is 6.17 Å². The fourth-order valence-electron chi connectivity index (χ4n) is 1.82. The predicted molar refractivity (Wildman–Crippen MR) is 55.0 cm³/mol. The van der Waals surface area contributed by atoms with Crippen molar-refractivity contribution in [1.29, 1.82) is 0 Å². The van der Waals surface area contributed by atoms with E-state index in [9.17, 15) is 0 Å². The Labute approximate surface area is 91.8 Å². The lowest BCUT2D eigenvalue weighted by molar-refractivity contribution is 0.295. The third-order valence-electron chi connectivity index (χ3n) is 2.59. The highest BCUT2D eigenvalue weighted by atomic mass is 15.7. The first kappa shape index (κ1) is 9.28. The molecule has 0 bridgehead atoms. The summed E-state index contributed by atoms with van der Waals surface area (Å²) in [4.78, 5) is 1.75. The standard InChI is InChI=1S/C8H12N8/c1-4-14(16-6-3-11-13-16)7-8(9-1)15-5-2-10-12-15/h2-3,5-6,8-9H,1,4,7H2. The van der Waals surface area contributed by atoms with Gasteiger partial charge in [-0.15, -0.1) is 10.2 Å². The third kappa shape index (κ3) is 1.63. The van der Waals surface area contributed by atoms with Crippen LogP contribution in [0.5, 0.6) is 0 Å². The molecule has 1 fully saturated rings. The number of rotatable bonds is 2. The van der Waals surface area contributed by atoms with Crippen LogP contribution in [0.2, 0.25) is 0 Å². The van der Waals surface area contributed by atoms with Gasteiger partial charge in [0, 0.05) is 19.3 Å². The summed E-state index contributed by atoms with van der Waals surface area (Å²) in [5.41, 5.74) is 0. The fourth-order valence-corrected chi connectivity index (χ4v) is 1.82. The Hall–Kier alpha value is -1.96. The Morgan fingerprint density at radius 3 is 2.75 bits per heavy atom. The van der Waals surface area contributed by atoms with E-state index < -0.39 is 0 Å². The van der Waals surface area contributed by atoms with E-state index in [-0.39, 0.29) is 6.17 Å². The molecule has 1 atom stereocenters. The number of piperazine rings is 1. The Morgan fingerprint density at radius 2 is 2.00 bits per heavy atom. The molecule has 0 amide bonds. The minimum Gasteiger partial charge on any atom is -0.292 e. The molecule has 1 N–H and O–H groups in total. The molecular formula is C8H12N8. The van der Waals surface area contributed by atoms with Crippen LogP contribution in [0.4, 0.5) is 0 Å². The van der Waals surface area contributed by atoms with Crippen molar-refractivity contribution in [3.8, 4) is 0 Å². The van der Waals surface area contributed by atoms with Gasteiger partial charge in [-0.3, -0.25) is 10.3 Å². The Bertz CT molecular complexity index is 381. The van der Waals surface area contributed by atoms with Crippen molar-refractivity contribution in [2.45, 2.75) is 6.17 Å². The maximum absolute atomic E-state index is 3.99. The van der Waals surface area contributed by atoms with Gasteiger partial charge in [0.25, 0.3) is 0 Å². The molecule has 1 saturated heterocycles. The van der Waals surface area contributed by atoms with Gasteiger partial charge >= 0.3 is 0 Å². The molecule has 84 valence electrons. The molecule has 2 aromatic rings. The van der Waals surface area contributed by atoms with Gasteiger partial charge < -0.3 is 0 Å². The summed E-state index contributed by atoms with van der Waals surface area (Å²) >= 11 is 0. The summed E-state index contributed by atoms with van der Waals surface area (Å²) in [7, 11) is 0. The number of aromatic nitrogens is 6. The topological polar surface area (TPSA) is 76.7 Å². The molecule has 1 aliphatic rings. The van der Waals surface area contributed by atoms with Crippen LogP contribution in [0.1, 0.15) is 6.17 Å². The number of hydrogen-bond donors (Lipinski definition) is 1.